The van der Waals surface area contributed by atoms with Gasteiger partial charge in [-0.15, -0.1) is 0 Å². The predicted molar refractivity (Wildman–Crippen MR) is 121 cm³/mol. The summed E-state index contributed by atoms with van der Waals surface area (Å²) in [6.07, 6.45) is 2.03. The molecule has 0 saturated carbocycles. The van der Waals surface area contributed by atoms with Crippen molar-refractivity contribution in [3.63, 3.8) is 0 Å². The van der Waals surface area contributed by atoms with Gasteiger partial charge in [-0.2, -0.15) is 0 Å². The van der Waals surface area contributed by atoms with Crippen molar-refractivity contribution in [1.29, 1.82) is 0 Å². The molecule has 14 heteroatoms. The van der Waals surface area contributed by atoms with Gasteiger partial charge in [0.15, 0.2) is 19.7 Å². The second-order valence-electron chi connectivity index (χ2n) is 7.07. The summed E-state index contributed by atoms with van der Waals surface area (Å²) in [6.45, 7) is 1.04. The van der Waals surface area contributed by atoms with Crippen molar-refractivity contribution >= 4 is 48.6 Å². The zero-order valence-electron chi connectivity index (χ0n) is 17.8. The Balaban J connectivity index is 2.22. The van der Waals surface area contributed by atoms with Gasteiger partial charge in [-0.25, -0.2) is 21.6 Å². The van der Waals surface area contributed by atoms with Gasteiger partial charge in [0.25, 0.3) is 5.69 Å². The predicted octanol–water partition coefficient (Wildman–Crippen LogP) is 2.83. The molecule has 1 atom stereocenters. The van der Waals surface area contributed by atoms with Crippen LogP contribution in [-0.2, 0) is 29.2 Å². The standard InChI is InChI=1S/C19H21ClN2O9S2/c1-12(19(23)30-8-9-32(2,26)27)21-16-10-13(4-6-17(16)22(24)25)31-18-7-5-14(11-15(18)20)33(3,28)29/h4-7,10-12,21H,8-9H2,1-3H3. The van der Waals surface area contributed by atoms with Crippen molar-refractivity contribution in [2.24, 2.45) is 0 Å². The maximum Gasteiger partial charge on any atom is 0.328 e. The Labute approximate surface area is 195 Å². The van der Waals surface area contributed by atoms with Gasteiger partial charge in [-0.3, -0.25) is 10.1 Å². The number of hydrogen-bond donors (Lipinski definition) is 1. The molecule has 0 aliphatic rings. The highest BCUT2D eigenvalue weighted by atomic mass is 35.5. The first-order valence-electron chi connectivity index (χ1n) is 9.24. The van der Waals surface area contributed by atoms with Crippen LogP contribution >= 0.6 is 11.6 Å². The van der Waals surface area contributed by atoms with Gasteiger partial charge in [-0.05, 0) is 31.2 Å². The summed E-state index contributed by atoms with van der Waals surface area (Å²) in [6, 6.07) is 6.53. The first-order valence-corrected chi connectivity index (χ1v) is 13.6. The van der Waals surface area contributed by atoms with Crippen molar-refractivity contribution in [2.45, 2.75) is 17.9 Å². The zero-order valence-corrected chi connectivity index (χ0v) is 20.2. The van der Waals surface area contributed by atoms with E-state index in [1.165, 1.54) is 37.3 Å². The number of nitro groups is 1. The number of nitro benzene ring substituents is 1. The molecule has 0 spiro atoms. The molecule has 2 rings (SSSR count). The number of carbonyl (C=O) groups excluding carboxylic acids is 1. The average Bonchev–Trinajstić information content (AvgIpc) is 2.67. The number of carbonyl (C=O) groups is 1. The highest BCUT2D eigenvalue weighted by Crippen LogP contribution is 2.35. The molecule has 0 aliphatic carbocycles. The quantitative estimate of drug-likeness (QED) is 0.280. The van der Waals surface area contributed by atoms with E-state index in [0.717, 1.165) is 18.6 Å². The van der Waals surface area contributed by atoms with Crippen LogP contribution < -0.4 is 10.1 Å². The molecule has 0 amide bonds. The molecule has 0 aliphatic heterocycles. The van der Waals surface area contributed by atoms with Crippen molar-refractivity contribution < 1.29 is 36.0 Å². The molecule has 0 bridgehead atoms. The SMILES string of the molecule is CC(Nc1cc(Oc2ccc(S(C)(=O)=O)cc2Cl)ccc1[N+](=O)[O-])C(=O)OCCS(C)(=O)=O. The van der Waals surface area contributed by atoms with Gasteiger partial charge in [0.05, 0.1) is 20.6 Å². The number of ether oxygens (including phenoxy) is 2. The first-order chi connectivity index (χ1) is 15.2. The van der Waals surface area contributed by atoms with Crippen LogP contribution in [0.3, 0.4) is 0 Å². The number of anilines is 1. The van der Waals surface area contributed by atoms with Crippen molar-refractivity contribution in [3.05, 3.63) is 51.5 Å². The van der Waals surface area contributed by atoms with Crippen LogP contribution in [0.5, 0.6) is 11.5 Å². The fourth-order valence-corrected chi connectivity index (χ4v) is 3.80. The number of hydrogen-bond acceptors (Lipinski definition) is 10. The molecule has 11 nitrogen and oxygen atoms in total. The van der Waals surface area contributed by atoms with Gasteiger partial charge in [-0.1, -0.05) is 11.6 Å². The number of nitrogens with one attached hydrogen (secondary N) is 1. The monoisotopic (exact) mass is 520 g/mol. The summed E-state index contributed by atoms with van der Waals surface area (Å²) in [5.41, 5.74) is -0.411. The van der Waals surface area contributed by atoms with Crippen LogP contribution in [0.15, 0.2) is 41.3 Å². The second-order valence-corrected chi connectivity index (χ2v) is 11.7. The van der Waals surface area contributed by atoms with E-state index >= 15 is 0 Å². The number of sulfone groups is 2. The van der Waals surface area contributed by atoms with Crippen molar-refractivity contribution in [1.82, 2.24) is 0 Å². The van der Waals surface area contributed by atoms with Gasteiger partial charge < -0.3 is 14.8 Å². The van der Waals surface area contributed by atoms with Crippen LogP contribution in [-0.4, -0.2) is 58.6 Å². The second kappa shape index (κ2) is 10.4. The average molecular weight is 521 g/mol. The smallest absolute Gasteiger partial charge is 0.328 e. The minimum absolute atomic E-state index is 0.00545. The first kappa shape index (κ1) is 26.4. The van der Waals surface area contributed by atoms with Gasteiger partial charge >= 0.3 is 5.97 Å². The molecular weight excluding hydrogens is 500 g/mol. The number of nitrogens with zero attached hydrogens (tertiary/aromatic N) is 1. The van der Waals surface area contributed by atoms with Gasteiger partial charge in [0.2, 0.25) is 0 Å². The van der Waals surface area contributed by atoms with E-state index in [0.29, 0.717) is 0 Å². The maximum absolute atomic E-state index is 12.1. The molecule has 1 N–H and O–H groups in total. The molecule has 0 saturated heterocycles. The van der Waals surface area contributed by atoms with E-state index in [9.17, 15) is 31.7 Å². The number of esters is 1. The van der Waals surface area contributed by atoms with Crippen molar-refractivity contribution in [3.8, 4) is 11.5 Å². The van der Waals surface area contributed by atoms with Crippen LogP contribution in [0.25, 0.3) is 0 Å². The molecule has 1 unspecified atom stereocenters. The lowest BCUT2D eigenvalue weighted by Crippen LogP contribution is -2.29. The summed E-state index contributed by atoms with van der Waals surface area (Å²) in [5, 5.41) is 14.0. The molecule has 180 valence electrons. The minimum atomic E-state index is -3.48. The Bertz CT molecular complexity index is 1280. The summed E-state index contributed by atoms with van der Waals surface area (Å²) < 4.78 is 56.1. The van der Waals surface area contributed by atoms with E-state index in [-0.39, 0.29) is 45.2 Å². The van der Waals surface area contributed by atoms with Crippen LogP contribution in [0, 0.1) is 10.1 Å². The Morgan fingerprint density at radius 3 is 2.36 bits per heavy atom. The third-order valence-corrected chi connectivity index (χ3v) is 6.46. The maximum atomic E-state index is 12.1. The van der Waals surface area contributed by atoms with Crippen molar-refractivity contribution in [2.75, 3.05) is 30.2 Å². The molecule has 0 radical (unpaired) electrons. The topological polar surface area (TPSA) is 159 Å². The normalized spacial score (nSPS) is 12.6. The van der Waals surface area contributed by atoms with Gasteiger partial charge in [0.1, 0.15) is 29.8 Å². The number of rotatable bonds is 10. The van der Waals surface area contributed by atoms with E-state index in [2.05, 4.69) is 5.32 Å². The van der Waals surface area contributed by atoms with E-state index in [4.69, 9.17) is 21.1 Å². The summed E-state index contributed by atoms with van der Waals surface area (Å²) in [5.74, 6) is -0.932. The lowest BCUT2D eigenvalue weighted by molar-refractivity contribution is -0.384. The number of halogens is 1. The Hall–Kier alpha value is -2.90. The van der Waals surface area contributed by atoms with E-state index in [1.807, 2.05) is 0 Å². The highest BCUT2D eigenvalue weighted by Gasteiger charge is 2.22. The Morgan fingerprint density at radius 1 is 1.15 bits per heavy atom. The fourth-order valence-electron chi connectivity index (χ4n) is 2.49. The molecular formula is C19H21ClN2O9S2. The highest BCUT2D eigenvalue weighted by molar-refractivity contribution is 7.91. The summed E-state index contributed by atoms with van der Waals surface area (Å²) in [4.78, 5) is 22.8. The molecule has 0 heterocycles. The number of benzene rings is 2. The molecule has 2 aromatic rings. The Morgan fingerprint density at radius 2 is 1.82 bits per heavy atom. The fraction of sp³-hybridized carbons (Fsp3) is 0.316. The molecule has 0 aromatic heterocycles. The third kappa shape index (κ3) is 7.87. The lowest BCUT2D eigenvalue weighted by Gasteiger charge is -2.16. The summed E-state index contributed by atoms with van der Waals surface area (Å²) >= 11 is 6.10. The third-order valence-electron chi connectivity index (χ3n) is 4.15. The Kier molecular flexibility index (Phi) is 8.27. The molecule has 0 fully saturated rings. The zero-order chi connectivity index (χ0) is 25.0. The lowest BCUT2D eigenvalue weighted by atomic mass is 10.2. The van der Waals surface area contributed by atoms with Crippen LogP contribution in [0.4, 0.5) is 11.4 Å². The van der Waals surface area contributed by atoms with E-state index < -0.39 is 36.6 Å². The minimum Gasteiger partial charge on any atom is -0.463 e. The molecule has 2 aromatic carbocycles. The van der Waals surface area contributed by atoms with E-state index in [1.54, 1.807) is 0 Å². The summed E-state index contributed by atoms with van der Waals surface area (Å²) in [7, 11) is -6.80. The molecule has 33 heavy (non-hydrogen) atoms. The van der Waals surface area contributed by atoms with Crippen LogP contribution in [0.2, 0.25) is 5.02 Å². The van der Waals surface area contributed by atoms with Crippen LogP contribution in [0.1, 0.15) is 6.92 Å². The largest absolute Gasteiger partial charge is 0.463 e. The van der Waals surface area contributed by atoms with Gasteiger partial charge in [0, 0.05) is 24.6 Å².